The van der Waals surface area contributed by atoms with Gasteiger partial charge in [-0.25, -0.2) is 4.98 Å². The van der Waals surface area contributed by atoms with E-state index in [2.05, 4.69) is 44.5 Å². The Bertz CT molecular complexity index is 925. The van der Waals surface area contributed by atoms with Crippen LogP contribution in [0.25, 0.3) is 0 Å². The lowest BCUT2D eigenvalue weighted by Gasteiger charge is -2.43. The fraction of sp³-hybridized carbons (Fsp3) is 0.476. The summed E-state index contributed by atoms with van der Waals surface area (Å²) in [5.41, 5.74) is 8.78. The predicted octanol–water partition coefficient (Wildman–Crippen LogP) is 1.54. The Labute approximate surface area is 164 Å². The van der Waals surface area contributed by atoms with Crippen molar-refractivity contribution in [2.45, 2.75) is 37.7 Å². The highest BCUT2D eigenvalue weighted by Gasteiger charge is 2.43. The van der Waals surface area contributed by atoms with Crippen molar-refractivity contribution in [3.8, 4) is 5.88 Å². The number of anilines is 1. The Balaban J connectivity index is 1.59. The SMILES string of the molecule is NC(=O)c1nc2c(c(N3CCNCC3)n1)CCC1(CCCc3ccccc31)O2. The first-order valence-electron chi connectivity index (χ1n) is 10.1. The van der Waals surface area contributed by atoms with E-state index in [4.69, 9.17) is 10.5 Å². The van der Waals surface area contributed by atoms with Crippen molar-refractivity contribution < 1.29 is 9.53 Å². The molecule has 146 valence electrons. The molecule has 1 aromatic carbocycles. The van der Waals surface area contributed by atoms with Crippen LogP contribution in [-0.2, 0) is 18.4 Å². The molecule has 5 rings (SSSR count). The molecule has 1 atom stereocenters. The molecule has 28 heavy (non-hydrogen) atoms. The molecule has 1 amide bonds. The Morgan fingerprint density at radius 3 is 2.79 bits per heavy atom. The summed E-state index contributed by atoms with van der Waals surface area (Å²) < 4.78 is 6.61. The molecule has 7 heteroatoms. The number of benzene rings is 1. The van der Waals surface area contributed by atoms with Gasteiger partial charge < -0.3 is 20.7 Å². The number of hydrogen-bond acceptors (Lipinski definition) is 6. The second-order valence-electron chi connectivity index (χ2n) is 7.86. The highest BCUT2D eigenvalue weighted by atomic mass is 16.5. The van der Waals surface area contributed by atoms with E-state index < -0.39 is 5.91 Å². The minimum atomic E-state index is -0.619. The number of aromatic nitrogens is 2. The number of rotatable bonds is 2. The van der Waals surface area contributed by atoms with E-state index in [0.717, 1.165) is 69.7 Å². The van der Waals surface area contributed by atoms with E-state index in [9.17, 15) is 4.79 Å². The van der Waals surface area contributed by atoms with Gasteiger partial charge in [-0.1, -0.05) is 24.3 Å². The number of nitrogens with two attached hydrogens (primary N) is 1. The van der Waals surface area contributed by atoms with Crippen LogP contribution in [0.4, 0.5) is 5.82 Å². The molecule has 0 saturated carbocycles. The van der Waals surface area contributed by atoms with Gasteiger partial charge in [0.2, 0.25) is 11.7 Å². The summed E-state index contributed by atoms with van der Waals surface area (Å²) in [5.74, 6) is 0.749. The zero-order valence-electron chi connectivity index (χ0n) is 15.9. The summed E-state index contributed by atoms with van der Waals surface area (Å²) >= 11 is 0. The maximum absolute atomic E-state index is 11.9. The van der Waals surface area contributed by atoms with Crippen LogP contribution in [0.2, 0.25) is 0 Å². The van der Waals surface area contributed by atoms with Crippen molar-refractivity contribution in [1.82, 2.24) is 15.3 Å². The Morgan fingerprint density at radius 2 is 1.96 bits per heavy atom. The lowest BCUT2D eigenvalue weighted by atomic mass is 9.75. The summed E-state index contributed by atoms with van der Waals surface area (Å²) in [6, 6.07) is 8.53. The average molecular weight is 379 g/mol. The molecule has 1 spiro atoms. The molecule has 1 aromatic heterocycles. The Kier molecular flexibility index (Phi) is 4.19. The van der Waals surface area contributed by atoms with Gasteiger partial charge in [-0.3, -0.25) is 4.79 Å². The Morgan fingerprint density at radius 1 is 1.14 bits per heavy atom. The molecule has 0 bridgehead atoms. The van der Waals surface area contributed by atoms with Crippen molar-refractivity contribution >= 4 is 11.7 Å². The maximum atomic E-state index is 11.9. The molecular weight excluding hydrogens is 354 g/mol. The zero-order valence-corrected chi connectivity index (χ0v) is 15.9. The monoisotopic (exact) mass is 379 g/mol. The number of hydrogen-bond donors (Lipinski definition) is 2. The number of aryl methyl sites for hydroxylation is 1. The third-order valence-corrected chi connectivity index (χ3v) is 6.19. The van der Waals surface area contributed by atoms with Gasteiger partial charge >= 0.3 is 0 Å². The van der Waals surface area contributed by atoms with Crippen LogP contribution in [0.1, 0.15) is 46.6 Å². The van der Waals surface area contributed by atoms with E-state index in [0.29, 0.717) is 5.88 Å². The fourth-order valence-corrected chi connectivity index (χ4v) is 4.81. The number of fused-ring (bicyclic) bond motifs is 3. The van der Waals surface area contributed by atoms with Gasteiger partial charge in [0.15, 0.2) is 0 Å². The number of primary amides is 1. The summed E-state index contributed by atoms with van der Waals surface area (Å²) in [6.45, 7) is 3.47. The molecule has 3 heterocycles. The zero-order chi connectivity index (χ0) is 19.1. The second-order valence-corrected chi connectivity index (χ2v) is 7.86. The first-order chi connectivity index (χ1) is 13.7. The third kappa shape index (κ3) is 2.81. The van der Waals surface area contributed by atoms with Gasteiger partial charge in [0.25, 0.3) is 5.91 Å². The number of amides is 1. The van der Waals surface area contributed by atoms with Gasteiger partial charge in [0.05, 0.1) is 5.56 Å². The standard InChI is InChI=1S/C21H25N5O2/c22-17(27)18-24-19(26-12-10-23-11-13-26)15-7-9-21(28-20(15)25-18)8-3-5-14-4-1-2-6-16(14)21/h1-2,4,6,23H,3,5,7-13H2,(H2,22,27). The van der Waals surface area contributed by atoms with Gasteiger partial charge in [-0.2, -0.15) is 4.98 Å². The predicted molar refractivity (Wildman–Crippen MR) is 106 cm³/mol. The minimum Gasteiger partial charge on any atom is -0.466 e. The van der Waals surface area contributed by atoms with Crippen LogP contribution in [0.3, 0.4) is 0 Å². The van der Waals surface area contributed by atoms with Crippen molar-refractivity contribution in [2.24, 2.45) is 5.73 Å². The molecule has 1 unspecified atom stereocenters. The quantitative estimate of drug-likeness (QED) is 0.822. The molecule has 3 N–H and O–H groups in total. The van der Waals surface area contributed by atoms with Gasteiger partial charge in [-0.05, 0) is 43.2 Å². The topological polar surface area (TPSA) is 93.4 Å². The van der Waals surface area contributed by atoms with Crippen LogP contribution in [0, 0.1) is 0 Å². The summed E-state index contributed by atoms with van der Waals surface area (Å²) in [5, 5.41) is 3.35. The van der Waals surface area contributed by atoms with E-state index in [-0.39, 0.29) is 11.4 Å². The molecule has 1 fully saturated rings. The van der Waals surface area contributed by atoms with Crippen LogP contribution in [0.5, 0.6) is 5.88 Å². The van der Waals surface area contributed by atoms with Crippen molar-refractivity contribution in [3.63, 3.8) is 0 Å². The highest BCUT2D eigenvalue weighted by Crippen LogP contribution is 2.47. The molecule has 7 nitrogen and oxygen atoms in total. The van der Waals surface area contributed by atoms with E-state index in [1.54, 1.807) is 0 Å². The molecule has 1 saturated heterocycles. The molecule has 2 aromatic rings. The van der Waals surface area contributed by atoms with Gasteiger partial charge in [-0.15, -0.1) is 0 Å². The fourth-order valence-electron chi connectivity index (χ4n) is 4.81. The number of nitrogens with zero attached hydrogens (tertiary/aromatic N) is 3. The van der Waals surface area contributed by atoms with E-state index in [1.807, 2.05) is 0 Å². The van der Waals surface area contributed by atoms with Crippen LogP contribution >= 0.6 is 0 Å². The van der Waals surface area contributed by atoms with Crippen molar-refractivity contribution in [1.29, 1.82) is 0 Å². The molecule has 3 aliphatic rings. The first-order valence-corrected chi connectivity index (χ1v) is 10.1. The van der Waals surface area contributed by atoms with E-state index >= 15 is 0 Å². The lowest BCUT2D eigenvalue weighted by Crippen LogP contribution is -2.45. The third-order valence-electron chi connectivity index (χ3n) is 6.19. The first kappa shape index (κ1) is 17.4. The van der Waals surface area contributed by atoms with Crippen LogP contribution < -0.4 is 20.7 Å². The number of carbonyl (C=O) groups is 1. The molecule has 0 radical (unpaired) electrons. The molecular formula is C21H25N5O2. The lowest BCUT2D eigenvalue weighted by molar-refractivity contribution is 0.0198. The smallest absolute Gasteiger partial charge is 0.286 e. The summed E-state index contributed by atoms with van der Waals surface area (Å²) in [6.07, 6.45) is 4.86. The number of ether oxygens (including phenoxy) is 1. The summed E-state index contributed by atoms with van der Waals surface area (Å²) in [7, 11) is 0. The van der Waals surface area contributed by atoms with Gasteiger partial charge in [0.1, 0.15) is 11.4 Å². The normalized spacial score (nSPS) is 23.6. The van der Waals surface area contributed by atoms with Crippen molar-refractivity contribution in [2.75, 3.05) is 31.1 Å². The minimum absolute atomic E-state index is 0.0356. The molecule has 2 aliphatic heterocycles. The Hall–Kier alpha value is -2.67. The number of nitrogens with one attached hydrogen (secondary N) is 1. The largest absolute Gasteiger partial charge is 0.466 e. The van der Waals surface area contributed by atoms with Crippen LogP contribution in [0.15, 0.2) is 24.3 Å². The van der Waals surface area contributed by atoms with E-state index in [1.165, 1.54) is 11.1 Å². The maximum Gasteiger partial charge on any atom is 0.286 e. The van der Waals surface area contributed by atoms with Crippen LogP contribution in [-0.4, -0.2) is 42.1 Å². The average Bonchev–Trinajstić information content (AvgIpc) is 2.74. The number of carbonyl (C=O) groups excluding carboxylic acids is 1. The number of piperazine rings is 1. The van der Waals surface area contributed by atoms with Gasteiger partial charge in [0, 0.05) is 26.2 Å². The molecule has 1 aliphatic carbocycles. The summed E-state index contributed by atoms with van der Waals surface area (Å²) in [4.78, 5) is 23.1. The second kappa shape index (κ2) is 6.74. The van der Waals surface area contributed by atoms with Crippen molar-refractivity contribution in [3.05, 3.63) is 46.8 Å². The highest BCUT2D eigenvalue weighted by molar-refractivity contribution is 5.89.